The van der Waals surface area contributed by atoms with Crippen LogP contribution in [0, 0.1) is 6.07 Å². The van der Waals surface area contributed by atoms with Crippen LogP contribution in [0.2, 0.25) is 0 Å². The zero-order valence-corrected chi connectivity index (χ0v) is 15.0. The number of rotatable bonds is 4. The molecule has 9 heteroatoms. The van der Waals surface area contributed by atoms with Gasteiger partial charge in [-0.1, -0.05) is 6.07 Å². The Morgan fingerprint density at radius 2 is 2.16 bits per heavy atom. The van der Waals surface area contributed by atoms with E-state index in [1.54, 1.807) is 31.4 Å². The Hall–Kier alpha value is -1.87. The quantitative estimate of drug-likeness (QED) is 0.763. The molecule has 1 aliphatic rings. The lowest BCUT2D eigenvalue weighted by Gasteiger charge is -2.22. The van der Waals surface area contributed by atoms with E-state index >= 15 is 0 Å². The molecular formula is C16H14F3N4S2. The lowest BCUT2D eigenvalue weighted by molar-refractivity contribution is -0.0328. The first-order chi connectivity index (χ1) is 11.9. The number of halogens is 3. The molecule has 1 aliphatic heterocycles. The van der Waals surface area contributed by atoms with Crippen molar-refractivity contribution in [1.29, 1.82) is 0 Å². The summed E-state index contributed by atoms with van der Waals surface area (Å²) in [6, 6.07) is 9.15. The van der Waals surface area contributed by atoms with Crippen molar-refractivity contribution >= 4 is 40.1 Å². The third kappa shape index (κ3) is 4.04. The average molecular weight is 383 g/mol. The van der Waals surface area contributed by atoms with Crippen LogP contribution < -0.4 is 10.2 Å². The van der Waals surface area contributed by atoms with Crippen LogP contribution in [-0.2, 0) is 0 Å². The zero-order valence-electron chi connectivity index (χ0n) is 13.4. The highest BCUT2D eigenvalue weighted by molar-refractivity contribution is 8.08. The normalized spacial score (nSPS) is 15.0. The molecule has 1 aromatic carbocycles. The van der Waals surface area contributed by atoms with Crippen molar-refractivity contribution in [2.24, 2.45) is 0 Å². The molecule has 1 aromatic heterocycles. The number of benzene rings is 1. The second kappa shape index (κ2) is 7.17. The molecular weight excluding hydrogens is 369 g/mol. The molecule has 0 saturated heterocycles. The second-order valence-electron chi connectivity index (χ2n) is 5.07. The molecule has 0 aliphatic carbocycles. The summed E-state index contributed by atoms with van der Waals surface area (Å²) in [6.07, 6.45) is 1.65. The summed E-state index contributed by atoms with van der Waals surface area (Å²) in [6.45, 7) is 1.88. The molecule has 1 N–H and O–H groups in total. The minimum Gasteiger partial charge on any atom is -0.357 e. The topological polar surface area (TPSA) is 41.1 Å². The van der Waals surface area contributed by atoms with Gasteiger partial charge in [0.15, 0.2) is 0 Å². The van der Waals surface area contributed by atoms with Gasteiger partial charge in [0.1, 0.15) is 0 Å². The summed E-state index contributed by atoms with van der Waals surface area (Å²) in [4.78, 5) is 11.4. The summed E-state index contributed by atoms with van der Waals surface area (Å²) in [5.74, 6) is 1.02. The molecule has 0 amide bonds. The third-order valence-corrected chi connectivity index (χ3v) is 5.46. The number of hydrogen-bond donors (Lipinski definition) is 1. The first-order valence-electron chi connectivity index (χ1n) is 7.27. The predicted octanol–water partition coefficient (Wildman–Crippen LogP) is 4.83. The summed E-state index contributed by atoms with van der Waals surface area (Å²) in [5, 5.41) is 2.88. The van der Waals surface area contributed by atoms with Gasteiger partial charge in [-0.3, -0.25) is 0 Å². The highest BCUT2D eigenvalue weighted by Gasteiger charge is 2.32. The van der Waals surface area contributed by atoms with Crippen LogP contribution in [0.5, 0.6) is 0 Å². The lowest BCUT2D eigenvalue weighted by atomic mass is 10.2. The fraction of sp³-hybridized carbons (Fsp3) is 0.250. The summed E-state index contributed by atoms with van der Waals surface area (Å²) < 4.78 is 38.5. The maximum Gasteiger partial charge on any atom is 0.446 e. The number of anilines is 2. The van der Waals surface area contributed by atoms with Gasteiger partial charge < -0.3 is 10.2 Å². The minimum atomic E-state index is -4.34. The first kappa shape index (κ1) is 17.9. The van der Waals surface area contributed by atoms with Gasteiger partial charge in [0.25, 0.3) is 0 Å². The smallest absolute Gasteiger partial charge is 0.357 e. The van der Waals surface area contributed by atoms with Crippen molar-refractivity contribution in [2.75, 3.05) is 23.1 Å². The fourth-order valence-corrected chi connectivity index (χ4v) is 4.24. The first-order valence-corrected chi connectivity index (χ1v) is 9.07. The highest BCUT2D eigenvalue weighted by atomic mass is 32.2. The van der Waals surface area contributed by atoms with Crippen molar-refractivity contribution < 1.29 is 13.2 Å². The number of thioether (sulfide) groups is 2. The number of alkyl halides is 3. The molecule has 0 saturated carbocycles. The average Bonchev–Trinajstić information content (AvgIpc) is 2.95. The van der Waals surface area contributed by atoms with Crippen LogP contribution in [0.25, 0.3) is 4.91 Å². The third-order valence-electron chi connectivity index (χ3n) is 3.50. The molecule has 2 heterocycles. The van der Waals surface area contributed by atoms with E-state index < -0.39 is 5.51 Å². The number of nitrogens with zero attached hydrogens (tertiary/aromatic N) is 3. The van der Waals surface area contributed by atoms with Gasteiger partial charge >= 0.3 is 5.51 Å². The van der Waals surface area contributed by atoms with E-state index in [1.807, 2.05) is 11.8 Å². The Morgan fingerprint density at radius 1 is 1.36 bits per heavy atom. The van der Waals surface area contributed by atoms with E-state index in [0.717, 1.165) is 16.3 Å². The molecule has 4 nitrogen and oxygen atoms in total. The number of hydrogen-bond acceptors (Lipinski definition) is 6. The molecule has 25 heavy (non-hydrogen) atoms. The van der Waals surface area contributed by atoms with Gasteiger partial charge in [-0.25, -0.2) is 9.97 Å². The van der Waals surface area contributed by atoms with Gasteiger partial charge in [-0.2, -0.15) is 13.2 Å². The monoisotopic (exact) mass is 383 g/mol. The van der Waals surface area contributed by atoms with Crippen LogP contribution in [0.3, 0.4) is 0 Å². The molecule has 0 bridgehead atoms. The predicted molar refractivity (Wildman–Crippen MR) is 96.3 cm³/mol. The van der Waals surface area contributed by atoms with E-state index in [4.69, 9.17) is 0 Å². The molecule has 1 radical (unpaired) electrons. The standard InChI is InChI=1S/C16H14F3N4S2/c1-10-14(11-7-8-21-15(20-2)22-11)24-9-23(10)12-5-3-4-6-13(12)25-16(17,18)19/h3,5-8H,9H2,1-2H3,(H,20,21,22). The number of allylic oxidation sites excluding steroid dienone is 1. The van der Waals surface area contributed by atoms with Crippen LogP contribution >= 0.6 is 23.5 Å². The Bertz CT molecular complexity index is 808. The minimum absolute atomic E-state index is 0.121. The van der Waals surface area contributed by atoms with Crippen molar-refractivity contribution in [1.82, 2.24) is 9.97 Å². The Kier molecular flexibility index (Phi) is 5.14. The largest absolute Gasteiger partial charge is 0.446 e. The molecule has 0 fully saturated rings. The van der Waals surface area contributed by atoms with Gasteiger partial charge in [0.2, 0.25) is 5.95 Å². The van der Waals surface area contributed by atoms with E-state index in [1.165, 1.54) is 17.8 Å². The molecule has 3 rings (SSSR count). The van der Waals surface area contributed by atoms with Crippen LogP contribution in [0.1, 0.15) is 12.6 Å². The molecule has 0 unspecified atom stereocenters. The highest BCUT2D eigenvalue weighted by Crippen LogP contribution is 2.46. The van der Waals surface area contributed by atoms with E-state index in [-0.39, 0.29) is 16.7 Å². The Morgan fingerprint density at radius 3 is 2.88 bits per heavy atom. The van der Waals surface area contributed by atoms with Crippen molar-refractivity contribution in [3.05, 3.63) is 47.9 Å². The SMILES string of the molecule is CNc1nccc(C2=C(C)N(c3cc[c]cc3SC(F)(F)F)CS2)n1. The van der Waals surface area contributed by atoms with Crippen LogP contribution in [-0.4, -0.2) is 28.4 Å². The van der Waals surface area contributed by atoms with Crippen molar-refractivity contribution in [2.45, 2.75) is 17.3 Å². The van der Waals surface area contributed by atoms with E-state index in [2.05, 4.69) is 21.4 Å². The van der Waals surface area contributed by atoms with E-state index in [9.17, 15) is 13.2 Å². The maximum atomic E-state index is 12.8. The molecule has 2 aromatic rings. The van der Waals surface area contributed by atoms with Gasteiger partial charge in [-0.05, 0) is 43.0 Å². The molecule has 0 spiro atoms. The molecule has 0 atom stereocenters. The van der Waals surface area contributed by atoms with Gasteiger partial charge in [-0.15, -0.1) is 11.8 Å². The number of aromatic nitrogens is 2. The Labute approximate surface area is 151 Å². The fourth-order valence-electron chi connectivity index (χ4n) is 2.40. The Balaban J connectivity index is 1.96. The number of nitrogens with one attached hydrogen (secondary N) is 1. The van der Waals surface area contributed by atoms with Crippen molar-refractivity contribution in [3.8, 4) is 0 Å². The van der Waals surface area contributed by atoms with Crippen LogP contribution in [0.4, 0.5) is 24.8 Å². The zero-order chi connectivity index (χ0) is 18.0. The van der Waals surface area contributed by atoms with Crippen molar-refractivity contribution in [3.63, 3.8) is 0 Å². The summed E-state index contributed by atoms with van der Waals surface area (Å²) in [7, 11) is 1.73. The maximum absolute atomic E-state index is 12.8. The van der Waals surface area contributed by atoms with Gasteiger partial charge in [0, 0.05) is 23.8 Å². The summed E-state index contributed by atoms with van der Waals surface area (Å²) in [5.41, 5.74) is -2.21. The van der Waals surface area contributed by atoms with Gasteiger partial charge in [0.05, 0.1) is 22.2 Å². The second-order valence-corrected chi connectivity index (χ2v) is 7.14. The van der Waals surface area contributed by atoms with Crippen LogP contribution in [0.15, 0.2) is 41.1 Å². The summed E-state index contributed by atoms with van der Waals surface area (Å²) >= 11 is 1.42. The van der Waals surface area contributed by atoms with E-state index in [0.29, 0.717) is 17.5 Å². The molecule has 131 valence electrons. The lowest BCUT2D eigenvalue weighted by Crippen LogP contribution is -2.17.